The lowest BCUT2D eigenvalue weighted by atomic mass is 10.1. The SMILES string of the molecule is CN(C)CC(C)(O)CNCc1cc(F)ccc1[N+](=O)[O-]. The molecule has 0 aliphatic heterocycles. The van der Waals surface area contributed by atoms with E-state index in [-0.39, 0.29) is 24.3 Å². The summed E-state index contributed by atoms with van der Waals surface area (Å²) in [5.74, 6) is -0.521. The van der Waals surface area contributed by atoms with Crippen molar-refractivity contribution in [2.75, 3.05) is 27.2 Å². The number of nitro benzene ring substituents is 1. The number of nitrogens with one attached hydrogen (secondary N) is 1. The quantitative estimate of drug-likeness (QED) is 0.580. The summed E-state index contributed by atoms with van der Waals surface area (Å²) < 4.78 is 13.1. The number of hydrogen-bond acceptors (Lipinski definition) is 5. The lowest BCUT2D eigenvalue weighted by Crippen LogP contribution is -2.45. The maximum atomic E-state index is 13.1. The number of halogens is 1. The largest absolute Gasteiger partial charge is 0.388 e. The molecule has 0 saturated carbocycles. The van der Waals surface area contributed by atoms with Crippen LogP contribution in [0.5, 0.6) is 0 Å². The summed E-state index contributed by atoms with van der Waals surface area (Å²) in [6.45, 7) is 2.49. The van der Waals surface area contributed by atoms with Crippen LogP contribution in [-0.2, 0) is 6.54 Å². The molecular weight excluding hydrogens is 265 g/mol. The molecule has 7 heteroatoms. The first-order chi connectivity index (χ1) is 9.21. The second-order valence-electron chi connectivity index (χ2n) is 5.37. The molecule has 112 valence electrons. The Morgan fingerprint density at radius 2 is 2.15 bits per heavy atom. The summed E-state index contributed by atoms with van der Waals surface area (Å²) >= 11 is 0. The lowest BCUT2D eigenvalue weighted by Gasteiger charge is -2.27. The van der Waals surface area contributed by atoms with E-state index in [1.54, 1.807) is 6.92 Å². The van der Waals surface area contributed by atoms with Crippen LogP contribution in [0.4, 0.5) is 10.1 Å². The Hall–Kier alpha value is -1.57. The molecule has 2 N–H and O–H groups in total. The Kier molecular flexibility index (Phi) is 5.55. The van der Waals surface area contributed by atoms with Gasteiger partial charge in [0.1, 0.15) is 5.82 Å². The monoisotopic (exact) mass is 285 g/mol. The zero-order valence-electron chi connectivity index (χ0n) is 11.9. The fourth-order valence-corrected chi connectivity index (χ4v) is 2.08. The molecule has 0 aliphatic carbocycles. The molecular formula is C13H20FN3O3. The van der Waals surface area contributed by atoms with Crippen LogP contribution in [0, 0.1) is 15.9 Å². The van der Waals surface area contributed by atoms with Crippen molar-refractivity contribution in [3.05, 3.63) is 39.7 Å². The van der Waals surface area contributed by atoms with E-state index in [0.717, 1.165) is 18.2 Å². The molecule has 0 fully saturated rings. The highest BCUT2D eigenvalue weighted by Crippen LogP contribution is 2.19. The maximum Gasteiger partial charge on any atom is 0.274 e. The van der Waals surface area contributed by atoms with E-state index in [0.29, 0.717) is 6.54 Å². The van der Waals surface area contributed by atoms with Gasteiger partial charge in [0.05, 0.1) is 10.5 Å². The summed E-state index contributed by atoms with van der Waals surface area (Å²) in [5, 5.41) is 23.8. The fraction of sp³-hybridized carbons (Fsp3) is 0.538. The normalized spacial score (nSPS) is 14.3. The highest BCUT2D eigenvalue weighted by Gasteiger charge is 2.21. The van der Waals surface area contributed by atoms with Crippen molar-refractivity contribution in [1.29, 1.82) is 0 Å². The average Bonchev–Trinajstić information content (AvgIpc) is 2.26. The number of nitrogens with zero attached hydrogens (tertiary/aromatic N) is 2. The van der Waals surface area contributed by atoms with Crippen LogP contribution in [0.1, 0.15) is 12.5 Å². The second-order valence-corrected chi connectivity index (χ2v) is 5.37. The van der Waals surface area contributed by atoms with Crippen LogP contribution in [0.2, 0.25) is 0 Å². The lowest BCUT2D eigenvalue weighted by molar-refractivity contribution is -0.385. The minimum absolute atomic E-state index is 0.123. The summed E-state index contributed by atoms with van der Waals surface area (Å²) in [4.78, 5) is 12.1. The van der Waals surface area contributed by atoms with Gasteiger partial charge in [-0.2, -0.15) is 0 Å². The van der Waals surface area contributed by atoms with E-state index in [4.69, 9.17) is 0 Å². The third-order valence-electron chi connectivity index (χ3n) is 2.72. The predicted molar refractivity (Wildman–Crippen MR) is 73.9 cm³/mol. The highest BCUT2D eigenvalue weighted by molar-refractivity contribution is 5.40. The molecule has 1 atom stereocenters. The maximum absolute atomic E-state index is 13.1. The zero-order chi connectivity index (χ0) is 15.3. The van der Waals surface area contributed by atoms with Crippen molar-refractivity contribution in [3.8, 4) is 0 Å². The number of rotatable bonds is 7. The van der Waals surface area contributed by atoms with Gasteiger partial charge in [-0.1, -0.05) is 0 Å². The molecule has 0 aliphatic rings. The highest BCUT2D eigenvalue weighted by atomic mass is 19.1. The van der Waals surface area contributed by atoms with Crippen molar-refractivity contribution < 1.29 is 14.4 Å². The zero-order valence-corrected chi connectivity index (χ0v) is 11.9. The first kappa shape index (κ1) is 16.5. The molecule has 1 unspecified atom stereocenters. The van der Waals surface area contributed by atoms with Crippen LogP contribution >= 0.6 is 0 Å². The standard InChI is InChI=1S/C13H20FN3O3/c1-13(18,9-16(2)3)8-15-7-10-6-11(14)4-5-12(10)17(19)20/h4-6,15,18H,7-9H2,1-3H3. The number of likely N-dealkylation sites (N-methyl/N-ethyl adjacent to an activating group) is 1. The van der Waals surface area contributed by atoms with Gasteiger partial charge >= 0.3 is 0 Å². The minimum atomic E-state index is -0.967. The first-order valence-corrected chi connectivity index (χ1v) is 6.22. The Morgan fingerprint density at radius 1 is 1.50 bits per heavy atom. The van der Waals surface area contributed by atoms with Crippen molar-refractivity contribution in [3.63, 3.8) is 0 Å². The Morgan fingerprint density at radius 3 is 2.70 bits per heavy atom. The summed E-state index contributed by atoms with van der Waals surface area (Å²) in [7, 11) is 3.68. The number of benzene rings is 1. The molecule has 0 spiro atoms. The predicted octanol–water partition coefficient (Wildman–Crippen LogP) is 1.14. The van der Waals surface area contributed by atoms with Gasteiger partial charge in [-0.15, -0.1) is 0 Å². The molecule has 0 radical (unpaired) electrons. The summed E-state index contributed by atoms with van der Waals surface area (Å²) in [5.41, 5.74) is -0.840. The first-order valence-electron chi connectivity index (χ1n) is 6.22. The number of hydrogen-bond donors (Lipinski definition) is 2. The Balaban J connectivity index is 2.66. The third kappa shape index (κ3) is 5.20. The van der Waals surface area contributed by atoms with Crippen LogP contribution < -0.4 is 5.32 Å². The van der Waals surface area contributed by atoms with E-state index in [9.17, 15) is 19.6 Å². The smallest absolute Gasteiger partial charge is 0.274 e. The van der Waals surface area contributed by atoms with Crippen LogP contribution in [-0.4, -0.2) is 47.7 Å². The van der Waals surface area contributed by atoms with Gasteiger partial charge in [0.25, 0.3) is 5.69 Å². The topological polar surface area (TPSA) is 78.6 Å². The summed E-state index contributed by atoms with van der Waals surface area (Å²) in [6.07, 6.45) is 0. The van der Waals surface area contributed by atoms with Gasteiger partial charge in [-0.05, 0) is 33.2 Å². The van der Waals surface area contributed by atoms with Gasteiger partial charge in [0.2, 0.25) is 0 Å². The molecule has 0 amide bonds. The van der Waals surface area contributed by atoms with E-state index in [1.807, 2.05) is 19.0 Å². The van der Waals surface area contributed by atoms with Crippen molar-refractivity contribution >= 4 is 5.69 Å². The molecule has 6 nitrogen and oxygen atoms in total. The number of nitro groups is 1. The van der Waals surface area contributed by atoms with Crippen LogP contribution in [0.3, 0.4) is 0 Å². The molecule has 0 saturated heterocycles. The molecule has 0 heterocycles. The summed E-state index contributed by atoms with van der Waals surface area (Å²) in [6, 6.07) is 3.33. The second kappa shape index (κ2) is 6.74. The van der Waals surface area contributed by atoms with E-state index < -0.39 is 16.3 Å². The molecule has 20 heavy (non-hydrogen) atoms. The van der Waals surface area contributed by atoms with Gasteiger partial charge in [-0.3, -0.25) is 10.1 Å². The average molecular weight is 285 g/mol. The van der Waals surface area contributed by atoms with Crippen LogP contribution in [0.15, 0.2) is 18.2 Å². The van der Waals surface area contributed by atoms with Gasteiger partial charge in [-0.25, -0.2) is 4.39 Å². The fourth-order valence-electron chi connectivity index (χ4n) is 2.08. The van der Waals surface area contributed by atoms with Crippen LogP contribution in [0.25, 0.3) is 0 Å². The molecule has 1 aromatic rings. The Labute approximate surface area is 117 Å². The molecule has 1 rings (SSSR count). The molecule has 0 bridgehead atoms. The van der Waals surface area contributed by atoms with Crippen molar-refractivity contribution in [2.45, 2.75) is 19.1 Å². The van der Waals surface area contributed by atoms with Crippen molar-refractivity contribution in [2.24, 2.45) is 0 Å². The third-order valence-corrected chi connectivity index (χ3v) is 2.72. The van der Waals surface area contributed by atoms with Gasteiger partial charge in [0.15, 0.2) is 0 Å². The van der Waals surface area contributed by atoms with Gasteiger partial charge in [0, 0.05) is 31.3 Å². The van der Waals surface area contributed by atoms with Gasteiger partial charge < -0.3 is 15.3 Å². The molecule has 1 aromatic carbocycles. The Bertz CT molecular complexity index is 478. The van der Waals surface area contributed by atoms with E-state index >= 15 is 0 Å². The molecule has 0 aromatic heterocycles. The van der Waals surface area contributed by atoms with Crippen molar-refractivity contribution in [1.82, 2.24) is 10.2 Å². The number of aliphatic hydroxyl groups is 1. The van der Waals surface area contributed by atoms with E-state index in [1.165, 1.54) is 0 Å². The minimum Gasteiger partial charge on any atom is -0.388 e. The van der Waals surface area contributed by atoms with E-state index in [2.05, 4.69) is 5.32 Å².